The van der Waals surface area contributed by atoms with Crippen LogP contribution in [-0.4, -0.2) is 46.8 Å². The molecule has 0 aromatic carbocycles. The molecule has 1 aliphatic rings. The molecule has 1 aromatic heterocycles. The van der Waals surface area contributed by atoms with Gasteiger partial charge < -0.3 is 14.7 Å². The Balaban J connectivity index is 2.25. The third kappa shape index (κ3) is 2.53. The fourth-order valence-electron chi connectivity index (χ4n) is 2.04. The van der Waals surface area contributed by atoms with Crippen LogP contribution in [-0.2, 0) is 15.7 Å². The van der Waals surface area contributed by atoms with Crippen LogP contribution in [0.4, 0.5) is 19.1 Å². The molecule has 9 heteroatoms. The molecule has 1 atom stereocenters. The summed E-state index contributed by atoms with van der Waals surface area (Å²) in [6.07, 6.45) is -3.42. The highest BCUT2D eigenvalue weighted by molar-refractivity contribution is 5.79. The van der Waals surface area contributed by atoms with Crippen LogP contribution in [0.2, 0.25) is 0 Å². The van der Waals surface area contributed by atoms with E-state index in [0.717, 1.165) is 12.3 Å². The summed E-state index contributed by atoms with van der Waals surface area (Å²) in [6.45, 7) is 0.113. The number of alkyl halides is 3. The first-order valence-corrected chi connectivity index (χ1v) is 5.72. The molecule has 0 amide bonds. The van der Waals surface area contributed by atoms with Gasteiger partial charge >= 0.3 is 12.1 Å². The summed E-state index contributed by atoms with van der Waals surface area (Å²) < 4.78 is 42.7. The maximum Gasteiger partial charge on any atom is 0.433 e. The zero-order valence-corrected chi connectivity index (χ0v) is 10.5. The topological polar surface area (TPSA) is 75.6 Å². The maximum atomic E-state index is 12.6. The van der Waals surface area contributed by atoms with Crippen LogP contribution in [0.25, 0.3) is 0 Å². The summed E-state index contributed by atoms with van der Waals surface area (Å²) in [7, 11) is 1.25. The minimum Gasteiger partial charge on any atom is -0.479 e. The SMILES string of the molecule is COC1(C(=O)O)CCN(c2nccc(C(F)(F)F)n2)C1. The van der Waals surface area contributed by atoms with E-state index in [4.69, 9.17) is 9.84 Å². The molecule has 0 bridgehead atoms. The highest BCUT2D eigenvalue weighted by Crippen LogP contribution is 2.31. The molecule has 2 rings (SSSR count). The molecule has 20 heavy (non-hydrogen) atoms. The molecule has 2 heterocycles. The number of hydrogen-bond donors (Lipinski definition) is 1. The Hall–Kier alpha value is -1.90. The Morgan fingerprint density at radius 3 is 2.75 bits per heavy atom. The number of aromatic nitrogens is 2. The number of nitrogens with zero attached hydrogens (tertiary/aromatic N) is 3. The molecule has 0 saturated carbocycles. The van der Waals surface area contributed by atoms with Gasteiger partial charge in [-0.3, -0.25) is 0 Å². The van der Waals surface area contributed by atoms with Crippen LogP contribution in [0.1, 0.15) is 12.1 Å². The molecule has 1 saturated heterocycles. The average molecular weight is 291 g/mol. The lowest BCUT2D eigenvalue weighted by atomic mass is 10.0. The standard InChI is InChI=1S/C11H12F3N3O3/c1-20-10(8(18)19)3-5-17(6-10)9-15-4-2-7(16-9)11(12,13)14/h2,4H,3,5-6H2,1H3,(H,18,19). The van der Waals surface area contributed by atoms with Crippen molar-refractivity contribution in [3.8, 4) is 0 Å². The number of carbonyl (C=O) groups is 1. The Bertz CT molecular complexity index is 523. The normalized spacial score (nSPS) is 23.1. The van der Waals surface area contributed by atoms with Crippen molar-refractivity contribution < 1.29 is 27.8 Å². The smallest absolute Gasteiger partial charge is 0.433 e. The lowest BCUT2D eigenvalue weighted by Crippen LogP contribution is -2.43. The molecule has 1 unspecified atom stereocenters. The first-order valence-electron chi connectivity index (χ1n) is 5.72. The van der Waals surface area contributed by atoms with Gasteiger partial charge in [-0.2, -0.15) is 13.2 Å². The third-order valence-electron chi connectivity index (χ3n) is 3.23. The minimum atomic E-state index is -4.57. The molecule has 0 spiro atoms. The van der Waals surface area contributed by atoms with Gasteiger partial charge in [0.25, 0.3) is 0 Å². The summed E-state index contributed by atoms with van der Waals surface area (Å²) in [5, 5.41) is 9.14. The Morgan fingerprint density at radius 2 is 2.25 bits per heavy atom. The van der Waals surface area contributed by atoms with Gasteiger partial charge in [-0.15, -0.1) is 0 Å². The summed E-state index contributed by atoms with van der Waals surface area (Å²) in [5.74, 6) is -1.31. The van der Waals surface area contributed by atoms with Gasteiger partial charge in [-0.05, 0) is 6.07 Å². The van der Waals surface area contributed by atoms with Crippen molar-refractivity contribution in [2.24, 2.45) is 0 Å². The van der Waals surface area contributed by atoms with E-state index in [0.29, 0.717) is 0 Å². The summed E-state index contributed by atoms with van der Waals surface area (Å²) in [6, 6.07) is 0.764. The van der Waals surface area contributed by atoms with Crippen LogP contribution in [0.15, 0.2) is 12.3 Å². The lowest BCUT2D eigenvalue weighted by Gasteiger charge is -2.23. The van der Waals surface area contributed by atoms with Crippen LogP contribution in [0.3, 0.4) is 0 Å². The van der Waals surface area contributed by atoms with Crippen molar-refractivity contribution in [3.63, 3.8) is 0 Å². The van der Waals surface area contributed by atoms with Crippen molar-refractivity contribution >= 4 is 11.9 Å². The summed E-state index contributed by atoms with van der Waals surface area (Å²) in [5.41, 5.74) is -2.50. The molecular weight excluding hydrogens is 279 g/mol. The van der Waals surface area contributed by atoms with Gasteiger partial charge in [-0.1, -0.05) is 0 Å². The lowest BCUT2D eigenvalue weighted by molar-refractivity contribution is -0.159. The molecule has 1 fully saturated rings. The van der Waals surface area contributed by atoms with Crippen LogP contribution in [0, 0.1) is 0 Å². The second kappa shape index (κ2) is 4.89. The van der Waals surface area contributed by atoms with Gasteiger partial charge in [0.2, 0.25) is 5.95 Å². The van der Waals surface area contributed by atoms with Gasteiger partial charge in [0.1, 0.15) is 5.69 Å². The molecule has 1 aromatic rings. The second-order valence-corrected chi connectivity index (χ2v) is 4.41. The highest BCUT2D eigenvalue weighted by Gasteiger charge is 2.46. The highest BCUT2D eigenvalue weighted by atomic mass is 19.4. The van der Waals surface area contributed by atoms with Gasteiger partial charge in [0.15, 0.2) is 5.60 Å². The molecule has 1 aliphatic heterocycles. The zero-order chi connectivity index (χ0) is 15.0. The zero-order valence-electron chi connectivity index (χ0n) is 10.5. The van der Waals surface area contributed by atoms with E-state index in [2.05, 4.69) is 9.97 Å². The van der Waals surface area contributed by atoms with Gasteiger partial charge in [0.05, 0.1) is 6.54 Å². The monoisotopic (exact) mass is 291 g/mol. The Labute approximate surface area is 112 Å². The van der Waals surface area contributed by atoms with Crippen molar-refractivity contribution in [2.75, 3.05) is 25.1 Å². The van der Waals surface area contributed by atoms with Crippen molar-refractivity contribution in [3.05, 3.63) is 18.0 Å². The van der Waals surface area contributed by atoms with E-state index in [1.165, 1.54) is 12.0 Å². The fraction of sp³-hybridized carbons (Fsp3) is 0.545. The molecule has 110 valence electrons. The number of rotatable bonds is 3. The van der Waals surface area contributed by atoms with Crippen molar-refractivity contribution in [1.82, 2.24) is 9.97 Å². The molecule has 0 radical (unpaired) electrons. The second-order valence-electron chi connectivity index (χ2n) is 4.41. The van der Waals surface area contributed by atoms with Crippen LogP contribution in [0.5, 0.6) is 0 Å². The van der Waals surface area contributed by atoms with Crippen molar-refractivity contribution in [1.29, 1.82) is 0 Å². The van der Waals surface area contributed by atoms with Crippen molar-refractivity contribution in [2.45, 2.75) is 18.2 Å². The number of methoxy groups -OCH3 is 1. The maximum absolute atomic E-state index is 12.6. The average Bonchev–Trinajstić information content (AvgIpc) is 2.84. The quantitative estimate of drug-likeness (QED) is 0.901. The molecule has 1 N–H and O–H groups in total. The number of carboxylic acids is 1. The van der Waals surface area contributed by atoms with Crippen LogP contribution >= 0.6 is 0 Å². The first kappa shape index (κ1) is 14.5. The third-order valence-corrected chi connectivity index (χ3v) is 3.23. The fourth-order valence-corrected chi connectivity index (χ4v) is 2.04. The number of aliphatic carboxylic acids is 1. The predicted molar refractivity (Wildman–Crippen MR) is 61.2 cm³/mol. The van der Waals surface area contributed by atoms with E-state index in [1.807, 2.05) is 0 Å². The summed E-state index contributed by atoms with van der Waals surface area (Å²) >= 11 is 0. The van der Waals surface area contributed by atoms with E-state index >= 15 is 0 Å². The number of hydrogen-bond acceptors (Lipinski definition) is 5. The number of halogens is 3. The number of carboxylic acid groups (broad SMARTS) is 1. The Kier molecular flexibility index (Phi) is 3.55. The molecule has 6 nitrogen and oxygen atoms in total. The Morgan fingerprint density at radius 1 is 1.55 bits per heavy atom. The van der Waals surface area contributed by atoms with E-state index in [9.17, 15) is 18.0 Å². The van der Waals surface area contributed by atoms with E-state index in [1.54, 1.807) is 0 Å². The summed E-state index contributed by atoms with van der Waals surface area (Å²) in [4.78, 5) is 19.7. The number of ether oxygens (including phenoxy) is 1. The minimum absolute atomic E-state index is 0.0971. The largest absolute Gasteiger partial charge is 0.479 e. The first-order chi connectivity index (χ1) is 9.28. The van der Waals surface area contributed by atoms with E-state index in [-0.39, 0.29) is 25.5 Å². The number of anilines is 1. The molecule has 0 aliphatic carbocycles. The van der Waals surface area contributed by atoms with Gasteiger partial charge in [-0.25, -0.2) is 14.8 Å². The van der Waals surface area contributed by atoms with Crippen LogP contribution < -0.4 is 4.90 Å². The van der Waals surface area contributed by atoms with E-state index < -0.39 is 23.4 Å². The van der Waals surface area contributed by atoms with Gasteiger partial charge in [0, 0.05) is 26.3 Å². The predicted octanol–water partition coefficient (Wildman–Crippen LogP) is 1.18. The molecular formula is C11H12F3N3O3.